The van der Waals surface area contributed by atoms with E-state index < -0.39 is 0 Å². The molecule has 0 amide bonds. The van der Waals surface area contributed by atoms with E-state index >= 15 is 0 Å². The summed E-state index contributed by atoms with van der Waals surface area (Å²) in [5.74, 6) is 1.33. The zero-order valence-corrected chi connectivity index (χ0v) is 14.5. The van der Waals surface area contributed by atoms with Crippen molar-refractivity contribution in [3.8, 4) is 6.07 Å². The van der Waals surface area contributed by atoms with Crippen molar-refractivity contribution in [1.82, 2.24) is 9.97 Å². The van der Waals surface area contributed by atoms with Gasteiger partial charge in [0.15, 0.2) is 0 Å². The fourth-order valence-electron chi connectivity index (χ4n) is 2.13. The molecule has 0 radical (unpaired) electrons. The Morgan fingerprint density at radius 1 is 0.958 bits per heavy atom. The second kappa shape index (κ2) is 7.11. The normalized spacial score (nSPS) is 10.0. The highest BCUT2D eigenvalue weighted by molar-refractivity contribution is 9.10. The number of anilines is 4. The highest BCUT2D eigenvalue weighted by atomic mass is 79.9. The second-order valence-electron chi connectivity index (χ2n) is 5.20. The molecule has 0 aliphatic rings. The van der Waals surface area contributed by atoms with Crippen molar-refractivity contribution in [2.75, 3.05) is 10.6 Å². The molecule has 0 saturated carbocycles. The van der Waals surface area contributed by atoms with Crippen LogP contribution in [0.2, 0.25) is 0 Å². The van der Waals surface area contributed by atoms with E-state index in [-0.39, 0.29) is 0 Å². The SMILES string of the molecule is Cc1ccc(Nc2cc(Nc3cccc(C#N)c3)ncn2)cc1Br. The van der Waals surface area contributed by atoms with Crippen molar-refractivity contribution >= 4 is 38.9 Å². The molecule has 6 heteroatoms. The average molecular weight is 380 g/mol. The van der Waals surface area contributed by atoms with E-state index in [4.69, 9.17) is 5.26 Å². The fraction of sp³-hybridized carbons (Fsp3) is 0.0556. The Kier molecular flexibility index (Phi) is 4.73. The van der Waals surface area contributed by atoms with Gasteiger partial charge in [0.2, 0.25) is 0 Å². The number of benzene rings is 2. The molecule has 2 aromatic carbocycles. The van der Waals surface area contributed by atoms with Gasteiger partial charge in [-0.3, -0.25) is 0 Å². The third-order valence-electron chi connectivity index (χ3n) is 3.38. The molecule has 0 atom stereocenters. The Balaban J connectivity index is 1.78. The van der Waals surface area contributed by atoms with Crippen LogP contribution in [0.1, 0.15) is 11.1 Å². The molecule has 0 aliphatic carbocycles. The number of aryl methyl sites for hydroxylation is 1. The number of halogens is 1. The minimum atomic E-state index is 0.594. The molecule has 3 rings (SSSR count). The first-order valence-corrected chi connectivity index (χ1v) is 8.06. The van der Waals surface area contributed by atoms with Crippen LogP contribution in [0.4, 0.5) is 23.0 Å². The van der Waals surface area contributed by atoms with Crippen molar-refractivity contribution in [2.24, 2.45) is 0 Å². The van der Waals surface area contributed by atoms with Crippen molar-refractivity contribution in [3.63, 3.8) is 0 Å². The third-order valence-corrected chi connectivity index (χ3v) is 4.23. The lowest BCUT2D eigenvalue weighted by Crippen LogP contribution is -1.98. The van der Waals surface area contributed by atoms with Gasteiger partial charge in [-0.05, 0) is 42.8 Å². The monoisotopic (exact) mass is 379 g/mol. The predicted molar refractivity (Wildman–Crippen MR) is 98.6 cm³/mol. The van der Waals surface area contributed by atoms with Crippen molar-refractivity contribution < 1.29 is 0 Å². The molecule has 3 aromatic rings. The molecule has 5 nitrogen and oxygen atoms in total. The first-order chi connectivity index (χ1) is 11.6. The van der Waals surface area contributed by atoms with E-state index in [0.29, 0.717) is 17.2 Å². The van der Waals surface area contributed by atoms with Crippen LogP contribution >= 0.6 is 15.9 Å². The molecule has 24 heavy (non-hydrogen) atoms. The van der Waals surface area contributed by atoms with Crippen LogP contribution in [-0.2, 0) is 0 Å². The van der Waals surface area contributed by atoms with Crippen LogP contribution in [0.25, 0.3) is 0 Å². The summed E-state index contributed by atoms with van der Waals surface area (Å²) < 4.78 is 1.04. The summed E-state index contributed by atoms with van der Waals surface area (Å²) >= 11 is 3.52. The van der Waals surface area contributed by atoms with Crippen LogP contribution in [0.5, 0.6) is 0 Å². The van der Waals surface area contributed by atoms with E-state index in [9.17, 15) is 0 Å². The van der Waals surface area contributed by atoms with Crippen LogP contribution in [0, 0.1) is 18.3 Å². The Morgan fingerprint density at radius 3 is 2.33 bits per heavy atom. The maximum atomic E-state index is 8.96. The maximum absolute atomic E-state index is 8.96. The number of rotatable bonds is 4. The molecule has 118 valence electrons. The fourth-order valence-corrected chi connectivity index (χ4v) is 2.51. The Bertz CT molecular complexity index is 917. The molecule has 0 spiro atoms. The van der Waals surface area contributed by atoms with Gasteiger partial charge in [0.05, 0.1) is 11.6 Å². The minimum absolute atomic E-state index is 0.594. The summed E-state index contributed by atoms with van der Waals surface area (Å²) in [6.07, 6.45) is 1.49. The third kappa shape index (κ3) is 3.89. The topological polar surface area (TPSA) is 73.6 Å². The standard InChI is InChI=1S/C18H14BrN5/c1-12-5-6-15(8-16(12)19)24-18-9-17(21-11-22-18)23-14-4-2-3-13(7-14)10-20/h2-9,11H,1H3,(H2,21,22,23,24). The largest absolute Gasteiger partial charge is 0.340 e. The summed E-state index contributed by atoms with van der Waals surface area (Å²) in [5, 5.41) is 15.4. The van der Waals surface area contributed by atoms with Gasteiger partial charge >= 0.3 is 0 Å². The molecular weight excluding hydrogens is 366 g/mol. The predicted octanol–water partition coefficient (Wildman–Crippen LogP) is 4.91. The van der Waals surface area contributed by atoms with E-state index in [0.717, 1.165) is 15.8 Å². The molecule has 1 aromatic heterocycles. The van der Waals surface area contributed by atoms with Gasteiger partial charge in [-0.1, -0.05) is 28.1 Å². The lowest BCUT2D eigenvalue weighted by atomic mass is 10.2. The van der Waals surface area contributed by atoms with Crippen LogP contribution in [-0.4, -0.2) is 9.97 Å². The van der Waals surface area contributed by atoms with Crippen LogP contribution in [0.15, 0.2) is 59.3 Å². The summed E-state index contributed by atoms with van der Waals surface area (Å²) in [6.45, 7) is 2.04. The number of hydrogen-bond donors (Lipinski definition) is 2. The highest BCUT2D eigenvalue weighted by Gasteiger charge is 2.03. The first-order valence-electron chi connectivity index (χ1n) is 7.26. The molecule has 0 saturated heterocycles. The lowest BCUT2D eigenvalue weighted by molar-refractivity contribution is 1.17. The summed E-state index contributed by atoms with van der Waals surface area (Å²) in [4.78, 5) is 8.44. The number of nitrogens with one attached hydrogen (secondary N) is 2. The number of nitrogens with zero attached hydrogens (tertiary/aromatic N) is 3. The van der Waals surface area contributed by atoms with Crippen LogP contribution < -0.4 is 10.6 Å². The number of aromatic nitrogens is 2. The van der Waals surface area contributed by atoms with Gasteiger partial charge in [0.1, 0.15) is 18.0 Å². The van der Waals surface area contributed by atoms with Gasteiger partial charge in [-0.25, -0.2) is 9.97 Å². The van der Waals surface area contributed by atoms with Gasteiger partial charge in [0.25, 0.3) is 0 Å². The summed E-state index contributed by atoms with van der Waals surface area (Å²) in [7, 11) is 0. The molecule has 0 bridgehead atoms. The lowest BCUT2D eigenvalue weighted by Gasteiger charge is -2.10. The van der Waals surface area contributed by atoms with Crippen molar-refractivity contribution in [3.05, 3.63) is 70.5 Å². The molecule has 0 aliphatic heterocycles. The Hall–Kier alpha value is -2.91. The first kappa shape index (κ1) is 16.0. The number of hydrogen-bond acceptors (Lipinski definition) is 5. The molecule has 0 unspecified atom stereocenters. The molecular formula is C18H14BrN5. The van der Waals surface area contributed by atoms with E-state index in [1.165, 1.54) is 11.9 Å². The van der Waals surface area contributed by atoms with Gasteiger partial charge < -0.3 is 10.6 Å². The van der Waals surface area contributed by atoms with Crippen molar-refractivity contribution in [1.29, 1.82) is 5.26 Å². The van der Waals surface area contributed by atoms with Gasteiger partial charge in [0, 0.05) is 21.9 Å². The quantitative estimate of drug-likeness (QED) is 0.673. The van der Waals surface area contributed by atoms with Crippen molar-refractivity contribution in [2.45, 2.75) is 6.92 Å². The van der Waals surface area contributed by atoms with Crippen LogP contribution in [0.3, 0.4) is 0 Å². The average Bonchev–Trinajstić information content (AvgIpc) is 2.59. The summed E-state index contributed by atoms with van der Waals surface area (Å²) in [5.41, 5.74) is 3.50. The van der Waals surface area contributed by atoms with Gasteiger partial charge in [-0.2, -0.15) is 5.26 Å². The second-order valence-corrected chi connectivity index (χ2v) is 6.05. The zero-order valence-electron chi connectivity index (χ0n) is 12.9. The number of nitriles is 1. The maximum Gasteiger partial charge on any atom is 0.135 e. The van der Waals surface area contributed by atoms with E-state index in [2.05, 4.69) is 42.6 Å². The highest BCUT2D eigenvalue weighted by Crippen LogP contribution is 2.24. The minimum Gasteiger partial charge on any atom is -0.340 e. The van der Waals surface area contributed by atoms with Gasteiger partial charge in [-0.15, -0.1) is 0 Å². The van der Waals surface area contributed by atoms with E-state index in [1.54, 1.807) is 12.1 Å². The molecule has 1 heterocycles. The molecule has 0 fully saturated rings. The Morgan fingerprint density at radius 2 is 1.67 bits per heavy atom. The Labute approximate surface area is 148 Å². The molecule has 2 N–H and O–H groups in total. The zero-order chi connectivity index (χ0) is 16.9. The van der Waals surface area contributed by atoms with E-state index in [1.807, 2.05) is 43.3 Å². The smallest absolute Gasteiger partial charge is 0.135 e. The summed E-state index contributed by atoms with van der Waals surface area (Å²) in [6, 6.07) is 17.2.